The molecule has 6 nitrogen and oxygen atoms in total. The lowest BCUT2D eigenvalue weighted by atomic mass is 9.87. The van der Waals surface area contributed by atoms with Gasteiger partial charge in [0.25, 0.3) is 0 Å². The van der Waals surface area contributed by atoms with Gasteiger partial charge in [-0.1, -0.05) is 6.42 Å². The van der Waals surface area contributed by atoms with Gasteiger partial charge in [-0.25, -0.2) is 8.42 Å². The fourth-order valence-corrected chi connectivity index (χ4v) is 5.97. The summed E-state index contributed by atoms with van der Waals surface area (Å²) in [7, 11) is -3.51. The molecule has 24 heavy (non-hydrogen) atoms. The minimum absolute atomic E-state index is 0.185. The molecule has 1 aromatic heterocycles. The molecule has 3 atom stereocenters. The Bertz CT molecular complexity index is 714. The number of aromatic nitrogens is 1. The van der Waals surface area contributed by atoms with Gasteiger partial charge in [0.1, 0.15) is 4.90 Å². The van der Waals surface area contributed by atoms with Crippen LogP contribution in [0.15, 0.2) is 29.4 Å². The van der Waals surface area contributed by atoms with Gasteiger partial charge >= 0.3 is 0 Å². The Morgan fingerprint density at radius 3 is 2.50 bits per heavy atom. The van der Waals surface area contributed by atoms with Crippen LogP contribution in [0.5, 0.6) is 0 Å². The topological polar surface area (TPSA) is 70.6 Å². The molecule has 1 aromatic rings. The van der Waals surface area contributed by atoms with Crippen LogP contribution in [0.4, 0.5) is 0 Å². The zero-order valence-electron chi connectivity index (χ0n) is 13.7. The first-order chi connectivity index (χ1) is 11.6. The van der Waals surface area contributed by atoms with E-state index in [-0.39, 0.29) is 16.7 Å². The van der Waals surface area contributed by atoms with Gasteiger partial charge in [0.05, 0.1) is 0 Å². The third-order valence-corrected chi connectivity index (χ3v) is 7.76. The molecule has 2 saturated carbocycles. The largest absolute Gasteiger partial charge is 0.340 e. The number of piperazine rings is 1. The van der Waals surface area contributed by atoms with E-state index >= 15 is 0 Å². The summed E-state index contributed by atoms with van der Waals surface area (Å²) in [5, 5.41) is 0. The van der Waals surface area contributed by atoms with Crippen LogP contribution in [0, 0.1) is 17.8 Å². The quantitative estimate of drug-likeness (QED) is 0.826. The number of carbonyl (C=O) groups is 1. The van der Waals surface area contributed by atoms with E-state index in [4.69, 9.17) is 0 Å². The van der Waals surface area contributed by atoms with E-state index < -0.39 is 10.0 Å². The maximum atomic E-state index is 12.8. The van der Waals surface area contributed by atoms with E-state index in [0.29, 0.717) is 32.1 Å². The smallest absolute Gasteiger partial charge is 0.244 e. The fourth-order valence-electron chi connectivity index (χ4n) is 4.58. The van der Waals surface area contributed by atoms with Crippen molar-refractivity contribution in [3.8, 4) is 0 Å². The van der Waals surface area contributed by atoms with Crippen molar-refractivity contribution in [1.29, 1.82) is 0 Å². The first-order valence-corrected chi connectivity index (χ1v) is 10.2. The number of rotatable bonds is 3. The van der Waals surface area contributed by atoms with E-state index in [1.807, 2.05) is 4.90 Å². The lowest BCUT2D eigenvalue weighted by Crippen LogP contribution is -2.52. The van der Waals surface area contributed by atoms with Gasteiger partial charge in [-0.2, -0.15) is 4.31 Å². The molecule has 1 amide bonds. The Kier molecular flexibility index (Phi) is 4.08. The maximum absolute atomic E-state index is 12.8. The Hall–Kier alpha value is -1.47. The summed E-state index contributed by atoms with van der Waals surface area (Å²) in [6.07, 6.45) is 7.67. The molecule has 130 valence electrons. The molecule has 1 aliphatic heterocycles. The van der Waals surface area contributed by atoms with Crippen molar-refractivity contribution in [3.05, 3.63) is 24.5 Å². The fraction of sp³-hybridized carbons (Fsp3) is 0.647. The summed E-state index contributed by atoms with van der Waals surface area (Å²) in [5.41, 5.74) is 0. The Labute approximate surface area is 142 Å². The average molecular weight is 349 g/mol. The van der Waals surface area contributed by atoms with Crippen LogP contribution in [0.25, 0.3) is 0 Å². The van der Waals surface area contributed by atoms with Crippen molar-refractivity contribution in [1.82, 2.24) is 14.2 Å². The van der Waals surface area contributed by atoms with Crippen LogP contribution < -0.4 is 0 Å². The van der Waals surface area contributed by atoms with Gasteiger partial charge in [0, 0.05) is 44.5 Å². The van der Waals surface area contributed by atoms with Crippen LogP contribution >= 0.6 is 0 Å². The lowest BCUT2D eigenvalue weighted by molar-refractivity contribution is -0.138. The van der Waals surface area contributed by atoms with Crippen LogP contribution in [0.3, 0.4) is 0 Å². The Morgan fingerprint density at radius 1 is 1.12 bits per heavy atom. The Balaban J connectivity index is 1.39. The molecule has 2 heterocycles. The standard InChI is InChI=1S/C17H23N3O3S/c21-17(16-11-13-3-4-14(16)10-13)19-6-8-20(9-7-19)24(22,23)15-2-1-5-18-12-15/h1-2,5,12-14,16H,3-4,6-11H2. The molecule has 7 heteroatoms. The predicted molar refractivity (Wildman–Crippen MR) is 88.5 cm³/mol. The summed E-state index contributed by atoms with van der Waals surface area (Å²) >= 11 is 0. The minimum atomic E-state index is -3.51. The van der Waals surface area contributed by atoms with E-state index in [1.54, 1.807) is 18.3 Å². The van der Waals surface area contributed by atoms with Gasteiger partial charge < -0.3 is 4.90 Å². The first-order valence-electron chi connectivity index (χ1n) is 8.74. The molecule has 2 aliphatic carbocycles. The number of carbonyl (C=O) groups excluding carboxylic acids is 1. The average Bonchev–Trinajstić information content (AvgIpc) is 3.25. The lowest BCUT2D eigenvalue weighted by Gasteiger charge is -2.36. The third-order valence-electron chi connectivity index (χ3n) is 5.88. The van der Waals surface area contributed by atoms with Crippen molar-refractivity contribution in [2.24, 2.45) is 17.8 Å². The van der Waals surface area contributed by atoms with Crippen molar-refractivity contribution in [2.75, 3.05) is 26.2 Å². The summed E-state index contributed by atoms with van der Waals surface area (Å²) in [6, 6.07) is 3.19. The van der Waals surface area contributed by atoms with E-state index in [2.05, 4.69) is 4.98 Å². The van der Waals surface area contributed by atoms with Gasteiger partial charge in [0.2, 0.25) is 15.9 Å². The summed E-state index contributed by atoms with van der Waals surface area (Å²) < 4.78 is 26.7. The molecule has 0 N–H and O–H groups in total. The number of sulfonamides is 1. The van der Waals surface area contributed by atoms with Gasteiger partial charge in [-0.05, 0) is 43.2 Å². The molecule has 3 aliphatic rings. The second kappa shape index (κ2) is 6.11. The highest BCUT2D eigenvalue weighted by Gasteiger charge is 2.45. The summed E-state index contributed by atoms with van der Waals surface area (Å²) in [6.45, 7) is 1.71. The summed E-state index contributed by atoms with van der Waals surface area (Å²) in [4.78, 5) is 18.8. The van der Waals surface area contributed by atoms with Crippen molar-refractivity contribution in [2.45, 2.75) is 30.6 Å². The van der Waals surface area contributed by atoms with Crippen LogP contribution in [0.2, 0.25) is 0 Å². The number of fused-ring (bicyclic) bond motifs is 2. The third kappa shape index (κ3) is 2.73. The number of hydrogen-bond donors (Lipinski definition) is 0. The molecule has 0 radical (unpaired) electrons. The van der Waals surface area contributed by atoms with Crippen molar-refractivity contribution in [3.63, 3.8) is 0 Å². The Morgan fingerprint density at radius 2 is 1.92 bits per heavy atom. The molecule has 0 spiro atoms. The first kappa shape index (κ1) is 16.0. The predicted octanol–water partition coefficient (Wildman–Crippen LogP) is 1.35. The van der Waals surface area contributed by atoms with Gasteiger partial charge in [-0.15, -0.1) is 0 Å². The molecule has 4 rings (SSSR count). The molecular formula is C17H23N3O3S. The van der Waals surface area contributed by atoms with E-state index in [1.165, 1.54) is 29.8 Å². The monoisotopic (exact) mass is 349 g/mol. The number of nitrogens with zero attached hydrogens (tertiary/aromatic N) is 3. The molecule has 3 unspecified atom stereocenters. The molecule has 1 saturated heterocycles. The SMILES string of the molecule is O=C(C1CC2CCC1C2)N1CCN(S(=O)(=O)c2cccnc2)CC1. The van der Waals surface area contributed by atoms with Gasteiger partial charge in [-0.3, -0.25) is 9.78 Å². The second-order valence-electron chi connectivity index (χ2n) is 7.20. The highest BCUT2D eigenvalue weighted by Crippen LogP contribution is 2.48. The molecule has 2 bridgehead atoms. The highest BCUT2D eigenvalue weighted by atomic mass is 32.2. The zero-order chi connectivity index (χ0) is 16.7. The second-order valence-corrected chi connectivity index (χ2v) is 9.14. The normalized spacial score (nSPS) is 30.7. The minimum Gasteiger partial charge on any atom is -0.340 e. The number of hydrogen-bond acceptors (Lipinski definition) is 4. The zero-order valence-corrected chi connectivity index (χ0v) is 14.5. The van der Waals surface area contributed by atoms with Crippen molar-refractivity contribution >= 4 is 15.9 Å². The molecule has 3 fully saturated rings. The number of amides is 1. The van der Waals surface area contributed by atoms with E-state index in [9.17, 15) is 13.2 Å². The van der Waals surface area contributed by atoms with Crippen LogP contribution in [-0.4, -0.2) is 54.7 Å². The van der Waals surface area contributed by atoms with Crippen LogP contribution in [0.1, 0.15) is 25.7 Å². The summed E-state index contributed by atoms with van der Waals surface area (Å²) in [5.74, 6) is 1.75. The number of pyridine rings is 1. The maximum Gasteiger partial charge on any atom is 0.244 e. The van der Waals surface area contributed by atoms with Crippen LogP contribution in [-0.2, 0) is 14.8 Å². The van der Waals surface area contributed by atoms with Crippen molar-refractivity contribution < 1.29 is 13.2 Å². The molecular weight excluding hydrogens is 326 g/mol. The molecule has 0 aromatic carbocycles. The highest BCUT2D eigenvalue weighted by molar-refractivity contribution is 7.89. The van der Waals surface area contributed by atoms with E-state index in [0.717, 1.165) is 12.3 Å². The van der Waals surface area contributed by atoms with Gasteiger partial charge in [0.15, 0.2) is 0 Å².